The first-order valence-electron chi connectivity index (χ1n) is 6.25. The van der Waals surface area contributed by atoms with E-state index in [1.165, 1.54) is 18.2 Å². The van der Waals surface area contributed by atoms with Gasteiger partial charge in [-0.25, -0.2) is 4.39 Å². The van der Waals surface area contributed by atoms with Crippen LogP contribution in [0.3, 0.4) is 0 Å². The number of hydrogen-bond acceptors (Lipinski definition) is 2. The number of benzene rings is 2. The van der Waals surface area contributed by atoms with Crippen LogP contribution >= 0.6 is 15.9 Å². The number of aromatic nitrogens is 1. The van der Waals surface area contributed by atoms with Crippen LogP contribution in [0.4, 0.5) is 10.1 Å². The summed E-state index contributed by atoms with van der Waals surface area (Å²) in [6.07, 6.45) is 1.72. The molecule has 0 spiro atoms. The van der Waals surface area contributed by atoms with E-state index >= 15 is 0 Å². The Bertz CT molecular complexity index is 835. The van der Waals surface area contributed by atoms with Crippen molar-refractivity contribution in [2.24, 2.45) is 0 Å². The lowest BCUT2D eigenvalue weighted by Gasteiger charge is -2.07. The number of carbonyl (C=O) groups excluding carboxylic acids is 1. The van der Waals surface area contributed by atoms with E-state index < -0.39 is 5.82 Å². The predicted octanol–water partition coefficient (Wildman–Crippen LogP) is 4.39. The van der Waals surface area contributed by atoms with Gasteiger partial charge in [-0.05, 0) is 58.4 Å². The van der Waals surface area contributed by atoms with Gasteiger partial charge in [0.05, 0.1) is 9.99 Å². The van der Waals surface area contributed by atoms with Gasteiger partial charge in [-0.2, -0.15) is 0 Å². The molecule has 21 heavy (non-hydrogen) atoms. The van der Waals surface area contributed by atoms with Crippen molar-refractivity contribution in [3.05, 3.63) is 70.6 Å². The third-order valence-corrected chi connectivity index (χ3v) is 3.65. The second kappa shape index (κ2) is 5.61. The van der Waals surface area contributed by atoms with Crippen molar-refractivity contribution >= 4 is 38.4 Å². The lowest BCUT2D eigenvalue weighted by molar-refractivity contribution is 0.102. The van der Waals surface area contributed by atoms with Crippen LogP contribution in [0.25, 0.3) is 10.9 Å². The van der Waals surface area contributed by atoms with Crippen LogP contribution in [0.15, 0.2) is 59.2 Å². The van der Waals surface area contributed by atoms with E-state index in [1.807, 2.05) is 24.3 Å². The first-order valence-corrected chi connectivity index (χ1v) is 7.04. The zero-order valence-corrected chi connectivity index (χ0v) is 12.4. The summed E-state index contributed by atoms with van der Waals surface area (Å²) < 4.78 is 13.4. The van der Waals surface area contributed by atoms with Gasteiger partial charge in [0, 0.05) is 22.8 Å². The average Bonchev–Trinajstić information content (AvgIpc) is 2.50. The highest BCUT2D eigenvalue weighted by atomic mass is 79.9. The fraction of sp³-hybridized carbons (Fsp3) is 0. The molecule has 3 aromatic rings. The van der Waals surface area contributed by atoms with E-state index in [-0.39, 0.29) is 10.4 Å². The zero-order chi connectivity index (χ0) is 14.8. The van der Waals surface area contributed by atoms with Gasteiger partial charge in [0.15, 0.2) is 0 Å². The second-order valence-electron chi connectivity index (χ2n) is 4.49. The first-order chi connectivity index (χ1) is 10.1. The summed E-state index contributed by atoms with van der Waals surface area (Å²) in [5, 5.41) is 3.73. The number of hydrogen-bond donors (Lipinski definition) is 1. The van der Waals surface area contributed by atoms with Crippen LogP contribution in [-0.4, -0.2) is 10.9 Å². The number of rotatable bonds is 2. The molecule has 1 amide bonds. The predicted molar refractivity (Wildman–Crippen MR) is 83.8 cm³/mol. The van der Waals surface area contributed by atoms with Crippen LogP contribution in [0.1, 0.15) is 10.4 Å². The number of nitrogens with one attached hydrogen (secondary N) is 1. The maximum atomic E-state index is 13.2. The van der Waals surface area contributed by atoms with Gasteiger partial charge in [-0.3, -0.25) is 9.78 Å². The Hall–Kier alpha value is -2.27. The number of nitrogens with zero attached hydrogens (tertiary/aromatic N) is 1. The number of anilines is 1. The van der Waals surface area contributed by atoms with E-state index in [0.29, 0.717) is 11.3 Å². The Morgan fingerprint density at radius 2 is 2.00 bits per heavy atom. The summed E-state index contributed by atoms with van der Waals surface area (Å²) in [6, 6.07) is 13.4. The summed E-state index contributed by atoms with van der Waals surface area (Å²) in [4.78, 5) is 16.4. The molecule has 0 aliphatic rings. The fourth-order valence-corrected chi connectivity index (χ4v) is 2.37. The van der Waals surface area contributed by atoms with Crippen LogP contribution in [-0.2, 0) is 0 Å². The van der Waals surface area contributed by atoms with E-state index in [2.05, 4.69) is 26.2 Å². The van der Waals surface area contributed by atoms with Crippen molar-refractivity contribution in [3.8, 4) is 0 Å². The zero-order valence-electron chi connectivity index (χ0n) is 10.8. The highest BCUT2D eigenvalue weighted by Crippen LogP contribution is 2.20. The molecular weight excluding hydrogens is 335 g/mol. The first kappa shape index (κ1) is 13.7. The molecule has 3 rings (SSSR count). The molecule has 1 heterocycles. The largest absolute Gasteiger partial charge is 0.322 e. The van der Waals surface area contributed by atoms with Crippen molar-refractivity contribution in [1.29, 1.82) is 0 Å². The Morgan fingerprint density at radius 3 is 2.81 bits per heavy atom. The van der Waals surface area contributed by atoms with Gasteiger partial charge >= 0.3 is 0 Å². The number of carbonyl (C=O) groups is 1. The van der Waals surface area contributed by atoms with Gasteiger partial charge in [-0.15, -0.1) is 0 Å². The molecule has 0 bridgehead atoms. The van der Waals surface area contributed by atoms with E-state index in [1.54, 1.807) is 12.3 Å². The Morgan fingerprint density at radius 1 is 1.14 bits per heavy atom. The molecule has 0 unspecified atom stereocenters. The molecule has 1 aromatic heterocycles. The molecule has 3 nitrogen and oxygen atoms in total. The van der Waals surface area contributed by atoms with Crippen molar-refractivity contribution in [1.82, 2.24) is 4.98 Å². The second-order valence-corrected chi connectivity index (χ2v) is 5.35. The average molecular weight is 345 g/mol. The van der Waals surface area contributed by atoms with Crippen molar-refractivity contribution in [3.63, 3.8) is 0 Å². The number of pyridine rings is 1. The monoisotopic (exact) mass is 344 g/mol. The molecular formula is C16H10BrFN2O. The Kier molecular flexibility index (Phi) is 3.66. The normalized spacial score (nSPS) is 10.6. The minimum atomic E-state index is -0.400. The van der Waals surface area contributed by atoms with Gasteiger partial charge in [0.1, 0.15) is 5.82 Å². The molecule has 104 valence electrons. The lowest BCUT2D eigenvalue weighted by Crippen LogP contribution is -2.12. The van der Waals surface area contributed by atoms with E-state index in [4.69, 9.17) is 0 Å². The molecule has 0 saturated heterocycles. The SMILES string of the molecule is O=C(Nc1ccc2ncccc2c1)c1ccc(F)c(Br)c1. The van der Waals surface area contributed by atoms with Crippen LogP contribution in [0, 0.1) is 5.82 Å². The van der Waals surface area contributed by atoms with Crippen molar-refractivity contribution in [2.45, 2.75) is 0 Å². The molecule has 0 aliphatic heterocycles. The smallest absolute Gasteiger partial charge is 0.255 e. The maximum absolute atomic E-state index is 13.2. The third-order valence-electron chi connectivity index (χ3n) is 3.04. The molecule has 0 atom stereocenters. The lowest BCUT2D eigenvalue weighted by atomic mass is 10.1. The molecule has 0 saturated carbocycles. The topological polar surface area (TPSA) is 42.0 Å². The third kappa shape index (κ3) is 2.92. The summed E-state index contributed by atoms with van der Waals surface area (Å²) in [7, 11) is 0. The molecule has 0 fully saturated rings. The summed E-state index contributed by atoms with van der Waals surface area (Å²) in [6.45, 7) is 0. The molecule has 0 radical (unpaired) electrons. The van der Waals surface area contributed by atoms with E-state index in [0.717, 1.165) is 10.9 Å². The van der Waals surface area contributed by atoms with Crippen molar-refractivity contribution < 1.29 is 9.18 Å². The van der Waals surface area contributed by atoms with Crippen LogP contribution < -0.4 is 5.32 Å². The highest BCUT2D eigenvalue weighted by molar-refractivity contribution is 9.10. The van der Waals surface area contributed by atoms with Gasteiger partial charge < -0.3 is 5.32 Å². The Labute approximate surface area is 128 Å². The molecule has 5 heteroatoms. The van der Waals surface area contributed by atoms with Crippen molar-refractivity contribution in [2.75, 3.05) is 5.32 Å². The number of halogens is 2. The van der Waals surface area contributed by atoms with Crippen LogP contribution in [0.2, 0.25) is 0 Å². The van der Waals surface area contributed by atoms with Gasteiger partial charge in [0.25, 0.3) is 5.91 Å². The van der Waals surface area contributed by atoms with Crippen LogP contribution in [0.5, 0.6) is 0 Å². The summed E-state index contributed by atoms with van der Waals surface area (Å²) in [5.74, 6) is -0.692. The quantitative estimate of drug-likeness (QED) is 0.749. The van der Waals surface area contributed by atoms with Gasteiger partial charge in [0.2, 0.25) is 0 Å². The minimum absolute atomic E-state index is 0.262. The minimum Gasteiger partial charge on any atom is -0.322 e. The fourth-order valence-electron chi connectivity index (χ4n) is 1.99. The van der Waals surface area contributed by atoms with E-state index in [9.17, 15) is 9.18 Å². The maximum Gasteiger partial charge on any atom is 0.255 e. The van der Waals surface area contributed by atoms with Gasteiger partial charge in [-0.1, -0.05) is 6.07 Å². The highest BCUT2D eigenvalue weighted by Gasteiger charge is 2.09. The standard InChI is InChI=1S/C16H10BrFN2O/c17-13-9-11(3-5-14(13)18)16(21)20-12-4-6-15-10(8-12)2-1-7-19-15/h1-9H,(H,20,21). The molecule has 1 N–H and O–H groups in total. The summed E-state index contributed by atoms with van der Waals surface area (Å²) >= 11 is 3.07. The number of amides is 1. The molecule has 0 aliphatic carbocycles. The molecule has 2 aromatic carbocycles. The summed E-state index contributed by atoms with van der Waals surface area (Å²) in [5.41, 5.74) is 1.91. The Balaban J connectivity index is 1.87. The number of fused-ring (bicyclic) bond motifs is 1.